The van der Waals surface area contributed by atoms with Crippen molar-refractivity contribution in [2.24, 2.45) is 5.73 Å². The van der Waals surface area contributed by atoms with Crippen molar-refractivity contribution in [1.29, 1.82) is 0 Å². The first-order valence-corrected chi connectivity index (χ1v) is 5.29. The maximum absolute atomic E-state index is 12.7. The molecule has 0 aliphatic carbocycles. The molecule has 100 valence electrons. The van der Waals surface area contributed by atoms with Crippen LogP contribution in [0, 0.1) is 0 Å². The lowest BCUT2D eigenvalue weighted by atomic mass is 10.1. The second kappa shape index (κ2) is 5.61. The van der Waals surface area contributed by atoms with Crippen molar-refractivity contribution < 1.29 is 18.0 Å². The standard InChI is InChI=1S/C11H14F3N3O/c12-11(13,14)8-6-7(15)3-4-9(8)17-5-1-2-10(16)18/h3-4,6,17H,1-2,5,15H2,(H2,16,18). The minimum absolute atomic E-state index is 0.0463. The van der Waals surface area contributed by atoms with Gasteiger partial charge in [0.2, 0.25) is 5.91 Å². The van der Waals surface area contributed by atoms with Crippen LogP contribution in [0.2, 0.25) is 0 Å². The largest absolute Gasteiger partial charge is 0.418 e. The summed E-state index contributed by atoms with van der Waals surface area (Å²) >= 11 is 0. The number of primary amides is 1. The van der Waals surface area contributed by atoms with Gasteiger partial charge in [0.1, 0.15) is 0 Å². The summed E-state index contributed by atoms with van der Waals surface area (Å²) in [5.41, 5.74) is 9.43. The van der Waals surface area contributed by atoms with Gasteiger partial charge in [-0.05, 0) is 24.6 Å². The third-order valence-electron chi connectivity index (χ3n) is 2.26. The van der Waals surface area contributed by atoms with Crippen LogP contribution in [0.25, 0.3) is 0 Å². The van der Waals surface area contributed by atoms with E-state index in [4.69, 9.17) is 11.5 Å². The Hall–Kier alpha value is -1.92. The van der Waals surface area contributed by atoms with E-state index in [0.29, 0.717) is 6.42 Å². The van der Waals surface area contributed by atoms with E-state index >= 15 is 0 Å². The zero-order chi connectivity index (χ0) is 13.8. The number of hydrogen-bond acceptors (Lipinski definition) is 3. The van der Waals surface area contributed by atoms with Crippen LogP contribution in [0.5, 0.6) is 0 Å². The number of nitrogens with two attached hydrogens (primary N) is 2. The van der Waals surface area contributed by atoms with Crippen LogP contribution in [0.3, 0.4) is 0 Å². The lowest BCUT2D eigenvalue weighted by Gasteiger charge is -2.15. The fourth-order valence-electron chi connectivity index (χ4n) is 1.44. The number of alkyl halides is 3. The minimum Gasteiger partial charge on any atom is -0.399 e. The number of benzene rings is 1. The highest BCUT2D eigenvalue weighted by Crippen LogP contribution is 2.35. The molecule has 1 rings (SSSR count). The van der Waals surface area contributed by atoms with E-state index in [1.165, 1.54) is 12.1 Å². The molecule has 0 aliphatic rings. The fraction of sp³-hybridized carbons (Fsp3) is 0.364. The van der Waals surface area contributed by atoms with E-state index in [2.05, 4.69) is 5.32 Å². The Morgan fingerprint density at radius 1 is 1.33 bits per heavy atom. The maximum atomic E-state index is 12.7. The Kier molecular flexibility index (Phi) is 4.41. The summed E-state index contributed by atoms with van der Waals surface area (Å²) in [6.45, 7) is 0.232. The molecule has 1 amide bonds. The third kappa shape index (κ3) is 4.15. The van der Waals surface area contributed by atoms with Crippen LogP contribution in [-0.2, 0) is 11.0 Å². The molecule has 0 aromatic heterocycles. The number of nitrogens with one attached hydrogen (secondary N) is 1. The van der Waals surface area contributed by atoms with Crippen LogP contribution in [0.15, 0.2) is 18.2 Å². The van der Waals surface area contributed by atoms with Crippen LogP contribution in [-0.4, -0.2) is 12.5 Å². The normalized spacial score (nSPS) is 11.3. The number of amides is 1. The highest BCUT2D eigenvalue weighted by atomic mass is 19.4. The molecule has 0 saturated carbocycles. The molecule has 0 aliphatic heterocycles. The molecule has 0 heterocycles. The quantitative estimate of drug-likeness (QED) is 0.560. The second-order valence-corrected chi connectivity index (χ2v) is 3.80. The van der Waals surface area contributed by atoms with E-state index in [9.17, 15) is 18.0 Å². The summed E-state index contributed by atoms with van der Waals surface area (Å²) in [5, 5.41) is 2.62. The van der Waals surface area contributed by atoms with Gasteiger partial charge in [0.25, 0.3) is 0 Å². The summed E-state index contributed by atoms with van der Waals surface area (Å²) in [6.07, 6.45) is -3.97. The Morgan fingerprint density at radius 3 is 2.56 bits per heavy atom. The maximum Gasteiger partial charge on any atom is 0.418 e. The second-order valence-electron chi connectivity index (χ2n) is 3.80. The van der Waals surface area contributed by atoms with Gasteiger partial charge >= 0.3 is 6.18 Å². The van der Waals surface area contributed by atoms with Crippen molar-refractivity contribution in [1.82, 2.24) is 0 Å². The topological polar surface area (TPSA) is 81.1 Å². The van der Waals surface area contributed by atoms with E-state index in [0.717, 1.165) is 6.07 Å². The molecule has 1 aromatic rings. The van der Waals surface area contributed by atoms with Gasteiger partial charge < -0.3 is 16.8 Å². The number of halogens is 3. The summed E-state index contributed by atoms with van der Waals surface area (Å²) < 4.78 is 38.1. The number of hydrogen-bond donors (Lipinski definition) is 3. The zero-order valence-electron chi connectivity index (χ0n) is 9.55. The SMILES string of the molecule is NC(=O)CCCNc1ccc(N)cc1C(F)(F)F. The smallest absolute Gasteiger partial charge is 0.399 e. The van der Waals surface area contributed by atoms with Crippen molar-refractivity contribution in [2.45, 2.75) is 19.0 Å². The highest BCUT2D eigenvalue weighted by molar-refractivity contribution is 5.73. The Balaban J connectivity index is 2.73. The molecule has 0 saturated heterocycles. The number of carbonyl (C=O) groups is 1. The van der Waals surface area contributed by atoms with Crippen molar-refractivity contribution in [3.63, 3.8) is 0 Å². The lowest BCUT2D eigenvalue weighted by molar-refractivity contribution is -0.137. The molecule has 0 unspecified atom stereocenters. The summed E-state index contributed by atoms with van der Waals surface area (Å²) in [5.74, 6) is -0.481. The molecule has 0 radical (unpaired) electrons. The predicted octanol–water partition coefficient (Wildman–Crippen LogP) is 1.96. The zero-order valence-corrected chi connectivity index (χ0v) is 9.55. The third-order valence-corrected chi connectivity index (χ3v) is 2.26. The van der Waals surface area contributed by atoms with Gasteiger partial charge in [0.15, 0.2) is 0 Å². The van der Waals surface area contributed by atoms with Crippen LogP contribution in [0.1, 0.15) is 18.4 Å². The lowest BCUT2D eigenvalue weighted by Crippen LogP contribution is -2.15. The summed E-state index contributed by atoms with van der Waals surface area (Å²) in [7, 11) is 0. The highest BCUT2D eigenvalue weighted by Gasteiger charge is 2.33. The molecule has 7 heteroatoms. The van der Waals surface area contributed by atoms with Gasteiger partial charge in [0.05, 0.1) is 5.56 Å². The van der Waals surface area contributed by atoms with Gasteiger partial charge in [-0.3, -0.25) is 4.79 Å². The molecule has 0 spiro atoms. The average molecular weight is 261 g/mol. The van der Waals surface area contributed by atoms with Gasteiger partial charge in [-0.1, -0.05) is 0 Å². The first-order chi connectivity index (χ1) is 8.30. The molecular weight excluding hydrogens is 247 g/mol. The molecular formula is C11H14F3N3O. The van der Waals surface area contributed by atoms with Crippen molar-refractivity contribution in [3.05, 3.63) is 23.8 Å². The number of anilines is 2. The Labute approximate surface area is 102 Å². The molecule has 0 fully saturated rings. The predicted molar refractivity (Wildman–Crippen MR) is 62.8 cm³/mol. The number of nitrogen functional groups attached to an aromatic ring is 1. The monoisotopic (exact) mass is 261 g/mol. The van der Waals surface area contributed by atoms with Crippen LogP contribution < -0.4 is 16.8 Å². The van der Waals surface area contributed by atoms with Gasteiger partial charge in [-0.25, -0.2) is 0 Å². The first-order valence-electron chi connectivity index (χ1n) is 5.29. The van der Waals surface area contributed by atoms with Crippen molar-refractivity contribution >= 4 is 17.3 Å². The van der Waals surface area contributed by atoms with Crippen LogP contribution in [0.4, 0.5) is 24.5 Å². The van der Waals surface area contributed by atoms with Gasteiger partial charge in [-0.15, -0.1) is 0 Å². The fourth-order valence-corrected chi connectivity index (χ4v) is 1.44. The summed E-state index contributed by atoms with van der Waals surface area (Å²) in [6, 6.07) is 3.52. The molecule has 0 bridgehead atoms. The molecule has 0 atom stereocenters. The summed E-state index contributed by atoms with van der Waals surface area (Å²) in [4.78, 5) is 10.5. The Bertz CT molecular complexity index is 432. The minimum atomic E-state index is -4.47. The molecule has 4 nitrogen and oxygen atoms in total. The van der Waals surface area contributed by atoms with Crippen molar-refractivity contribution in [3.8, 4) is 0 Å². The molecule has 1 aromatic carbocycles. The van der Waals surface area contributed by atoms with Gasteiger partial charge in [-0.2, -0.15) is 13.2 Å². The number of rotatable bonds is 5. The molecule has 5 N–H and O–H groups in total. The number of carbonyl (C=O) groups excluding carboxylic acids is 1. The van der Waals surface area contributed by atoms with E-state index < -0.39 is 17.6 Å². The van der Waals surface area contributed by atoms with Crippen molar-refractivity contribution in [2.75, 3.05) is 17.6 Å². The van der Waals surface area contributed by atoms with E-state index in [-0.39, 0.29) is 24.3 Å². The van der Waals surface area contributed by atoms with Gasteiger partial charge in [0, 0.05) is 24.3 Å². The first kappa shape index (κ1) is 14.1. The Morgan fingerprint density at radius 2 is 2.00 bits per heavy atom. The van der Waals surface area contributed by atoms with E-state index in [1.807, 2.05) is 0 Å². The average Bonchev–Trinajstić information content (AvgIpc) is 2.24. The molecule has 18 heavy (non-hydrogen) atoms. The van der Waals surface area contributed by atoms with Crippen LogP contribution >= 0.6 is 0 Å². The van der Waals surface area contributed by atoms with E-state index in [1.54, 1.807) is 0 Å².